The summed E-state index contributed by atoms with van der Waals surface area (Å²) in [6.07, 6.45) is 0. The van der Waals surface area contributed by atoms with Crippen LogP contribution in [0.3, 0.4) is 0 Å². The molecule has 1 nitrogen and oxygen atoms in total. The van der Waals surface area contributed by atoms with Crippen LogP contribution in [0.15, 0.2) is 71.2 Å². The normalized spacial score (nSPS) is 14.2. The molecule has 3 aromatic carbocycles. The van der Waals surface area contributed by atoms with Gasteiger partial charge in [0.2, 0.25) is 0 Å². The largest absolute Gasteiger partial charge is 0.381 e. The fraction of sp³-hybridized carbons (Fsp3) is 0.111. The van der Waals surface area contributed by atoms with E-state index in [-0.39, 0.29) is 0 Å². The maximum atomic E-state index is 11.1. The third-order valence-corrected chi connectivity index (χ3v) is 4.40. The molecule has 0 amide bonds. The molecule has 100 valence electrons. The van der Waals surface area contributed by atoms with Gasteiger partial charge >= 0.3 is 0 Å². The van der Waals surface area contributed by atoms with Crippen molar-refractivity contribution in [2.75, 3.05) is 0 Å². The van der Waals surface area contributed by atoms with Crippen molar-refractivity contribution >= 4 is 26.7 Å². The Morgan fingerprint density at radius 2 is 1.40 bits per heavy atom. The van der Waals surface area contributed by atoms with Crippen LogP contribution < -0.4 is 0 Å². The molecule has 0 saturated heterocycles. The first-order chi connectivity index (χ1) is 9.60. The lowest BCUT2D eigenvalue weighted by Gasteiger charge is -2.27. The van der Waals surface area contributed by atoms with Crippen molar-refractivity contribution in [3.63, 3.8) is 0 Å². The molecule has 1 atom stereocenters. The molecule has 0 fully saturated rings. The van der Waals surface area contributed by atoms with Crippen LogP contribution in [0.1, 0.15) is 18.1 Å². The Bertz CT molecular complexity index is 757. The van der Waals surface area contributed by atoms with Crippen LogP contribution in [-0.4, -0.2) is 5.11 Å². The monoisotopic (exact) mass is 326 g/mol. The Balaban J connectivity index is 2.27. The first-order valence-corrected chi connectivity index (χ1v) is 7.35. The van der Waals surface area contributed by atoms with E-state index in [9.17, 15) is 5.11 Å². The lowest BCUT2D eigenvalue weighted by molar-refractivity contribution is 0.103. The molecular weight excluding hydrogens is 312 g/mol. The zero-order chi connectivity index (χ0) is 14.2. The minimum atomic E-state index is -1.04. The predicted molar refractivity (Wildman–Crippen MR) is 86.8 cm³/mol. The van der Waals surface area contributed by atoms with E-state index in [1.807, 2.05) is 55.5 Å². The van der Waals surface area contributed by atoms with Crippen molar-refractivity contribution in [1.29, 1.82) is 0 Å². The van der Waals surface area contributed by atoms with Crippen molar-refractivity contribution < 1.29 is 5.11 Å². The van der Waals surface area contributed by atoms with E-state index >= 15 is 0 Å². The highest BCUT2D eigenvalue weighted by atomic mass is 79.9. The van der Waals surface area contributed by atoms with Crippen LogP contribution in [0.2, 0.25) is 0 Å². The summed E-state index contributed by atoms with van der Waals surface area (Å²) in [6, 6.07) is 22.0. The predicted octanol–water partition coefficient (Wildman–Crippen LogP) is 4.86. The van der Waals surface area contributed by atoms with Crippen molar-refractivity contribution in [3.8, 4) is 0 Å². The summed E-state index contributed by atoms with van der Waals surface area (Å²) < 4.78 is 0.915. The maximum absolute atomic E-state index is 11.1. The molecule has 0 aliphatic heterocycles. The molecule has 1 unspecified atom stereocenters. The molecule has 20 heavy (non-hydrogen) atoms. The molecule has 1 N–H and O–H groups in total. The summed E-state index contributed by atoms with van der Waals surface area (Å²) in [5.41, 5.74) is 0.750. The zero-order valence-electron chi connectivity index (χ0n) is 11.2. The Hall–Kier alpha value is -1.64. The van der Waals surface area contributed by atoms with Gasteiger partial charge in [0.05, 0.1) is 0 Å². The Morgan fingerprint density at radius 1 is 0.800 bits per heavy atom. The van der Waals surface area contributed by atoms with Crippen LogP contribution in [0, 0.1) is 0 Å². The van der Waals surface area contributed by atoms with Crippen LogP contribution in [-0.2, 0) is 5.60 Å². The summed E-state index contributed by atoms with van der Waals surface area (Å²) in [7, 11) is 0. The van der Waals surface area contributed by atoms with E-state index in [1.54, 1.807) is 0 Å². The lowest BCUT2D eigenvalue weighted by atomic mass is 9.85. The number of halogens is 1. The number of aliphatic hydroxyl groups is 1. The third kappa shape index (κ3) is 2.15. The van der Waals surface area contributed by atoms with Crippen molar-refractivity contribution in [2.45, 2.75) is 12.5 Å². The molecule has 0 bridgehead atoms. The minimum absolute atomic E-state index is 0.872. The van der Waals surface area contributed by atoms with Crippen molar-refractivity contribution in [2.24, 2.45) is 0 Å². The average Bonchev–Trinajstić information content (AvgIpc) is 2.47. The molecule has 0 radical (unpaired) electrons. The molecule has 0 aliphatic carbocycles. The molecule has 2 heteroatoms. The SMILES string of the molecule is CC(O)(c1ccccc1Br)c1cccc2ccccc12. The number of benzene rings is 3. The van der Waals surface area contributed by atoms with Crippen LogP contribution in [0.4, 0.5) is 0 Å². The van der Waals surface area contributed by atoms with Crippen molar-refractivity contribution in [3.05, 3.63) is 82.3 Å². The summed E-state index contributed by atoms with van der Waals surface area (Å²) in [5.74, 6) is 0. The number of rotatable bonds is 2. The molecule has 3 aromatic rings. The quantitative estimate of drug-likeness (QED) is 0.713. The Kier molecular flexibility index (Phi) is 3.36. The molecule has 0 aliphatic rings. The van der Waals surface area contributed by atoms with E-state index in [0.29, 0.717) is 0 Å². The van der Waals surface area contributed by atoms with E-state index in [4.69, 9.17) is 0 Å². The number of hydrogen-bond acceptors (Lipinski definition) is 1. The zero-order valence-corrected chi connectivity index (χ0v) is 12.8. The van der Waals surface area contributed by atoms with Gasteiger partial charge in [0.25, 0.3) is 0 Å². The smallest absolute Gasteiger partial charge is 0.113 e. The first-order valence-electron chi connectivity index (χ1n) is 6.56. The Labute approximate surface area is 127 Å². The van der Waals surface area contributed by atoms with E-state index in [0.717, 1.165) is 26.4 Å². The fourth-order valence-corrected chi connectivity index (χ4v) is 3.32. The van der Waals surface area contributed by atoms with E-state index < -0.39 is 5.60 Å². The molecule has 0 spiro atoms. The van der Waals surface area contributed by atoms with Gasteiger partial charge < -0.3 is 5.11 Å². The van der Waals surface area contributed by atoms with Gasteiger partial charge in [-0.25, -0.2) is 0 Å². The first kappa shape index (κ1) is 13.3. The highest BCUT2D eigenvalue weighted by Crippen LogP contribution is 2.37. The average molecular weight is 327 g/mol. The summed E-state index contributed by atoms with van der Waals surface area (Å²) in [6.45, 7) is 1.84. The van der Waals surface area contributed by atoms with E-state index in [1.165, 1.54) is 0 Å². The van der Waals surface area contributed by atoms with Gasteiger partial charge in [-0.05, 0) is 29.3 Å². The van der Waals surface area contributed by atoms with Gasteiger partial charge in [-0.1, -0.05) is 76.6 Å². The number of hydrogen-bond donors (Lipinski definition) is 1. The van der Waals surface area contributed by atoms with Gasteiger partial charge in [0.15, 0.2) is 0 Å². The second-order valence-corrected chi connectivity index (χ2v) is 5.93. The summed E-state index contributed by atoms with van der Waals surface area (Å²) in [5, 5.41) is 13.3. The van der Waals surface area contributed by atoms with Crippen LogP contribution in [0.5, 0.6) is 0 Å². The highest BCUT2D eigenvalue weighted by molar-refractivity contribution is 9.10. The minimum Gasteiger partial charge on any atom is -0.381 e. The van der Waals surface area contributed by atoms with Gasteiger partial charge in [-0.3, -0.25) is 0 Å². The molecule has 3 rings (SSSR count). The second kappa shape index (κ2) is 5.04. The van der Waals surface area contributed by atoms with Crippen LogP contribution >= 0.6 is 15.9 Å². The van der Waals surface area contributed by atoms with Crippen LogP contribution in [0.25, 0.3) is 10.8 Å². The third-order valence-electron chi connectivity index (χ3n) is 3.71. The molecular formula is C18H15BrO. The fourth-order valence-electron chi connectivity index (χ4n) is 2.65. The maximum Gasteiger partial charge on any atom is 0.113 e. The lowest BCUT2D eigenvalue weighted by Crippen LogP contribution is -2.23. The van der Waals surface area contributed by atoms with E-state index in [2.05, 4.69) is 34.1 Å². The standard InChI is InChI=1S/C18H15BrO/c1-18(20,16-10-4-5-12-17(16)19)15-11-6-8-13-7-2-3-9-14(13)15/h2-12,20H,1H3. The van der Waals surface area contributed by atoms with Gasteiger partial charge in [-0.15, -0.1) is 0 Å². The Morgan fingerprint density at radius 3 is 2.20 bits per heavy atom. The summed E-state index contributed by atoms with van der Waals surface area (Å²) in [4.78, 5) is 0. The molecule has 0 saturated carbocycles. The van der Waals surface area contributed by atoms with Gasteiger partial charge in [-0.2, -0.15) is 0 Å². The molecule has 0 aromatic heterocycles. The highest BCUT2D eigenvalue weighted by Gasteiger charge is 2.29. The second-order valence-electron chi connectivity index (χ2n) is 5.08. The summed E-state index contributed by atoms with van der Waals surface area (Å²) >= 11 is 3.53. The molecule has 0 heterocycles. The van der Waals surface area contributed by atoms with Gasteiger partial charge in [0.1, 0.15) is 5.60 Å². The van der Waals surface area contributed by atoms with Crippen molar-refractivity contribution in [1.82, 2.24) is 0 Å². The number of fused-ring (bicyclic) bond motifs is 1. The topological polar surface area (TPSA) is 20.2 Å². The van der Waals surface area contributed by atoms with Gasteiger partial charge in [0, 0.05) is 10.0 Å².